The molecule has 0 radical (unpaired) electrons. The molecule has 11 rings (SSSR count). The average Bonchev–Trinajstić information content (AvgIpc) is 3.68. The van der Waals surface area contributed by atoms with Gasteiger partial charge in [0.05, 0.1) is 11.4 Å². The van der Waals surface area contributed by atoms with Crippen molar-refractivity contribution < 1.29 is 4.42 Å². The lowest BCUT2D eigenvalue weighted by molar-refractivity contribution is 0.669. The molecule has 0 atom stereocenters. The highest BCUT2D eigenvalue weighted by Gasteiger charge is 2.23. The first-order valence-electron chi connectivity index (χ1n) is 19.4. The zero-order valence-corrected chi connectivity index (χ0v) is 31.3. The van der Waals surface area contributed by atoms with E-state index in [1.807, 2.05) is 48.5 Å². The van der Waals surface area contributed by atoms with Crippen LogP contribution in [0.15, 0.2) is 211 Å². The van der Waals surface area contributed by atoms with Crippen LogP contribution in [0.3, 0.4) is 0 Å². The van der Waals surface area contributed by atoms with Gasteiger partial charge in [-0.25, -0.2) is 15.0 Å². The van der Waals surface area contributed by atoms with E-state index in [2.05, 4.69) is 163 Å². The number of benzene rings is 9. The van der Waals surface area contributed by atoms with Gasteiger partial charge in [0, 0.05) is 44.6 Å². The third-order valence-electron chi connectivity index (χ3n) is 10.9. The first-order valence-corrected chi connectivity index (χ1v) is 19.4. The number of fused-ring (bicyclic) bond motifs is 5. The first kappa shape index (κ1) is 33.4. The Hall–Kier alpha value is -7.89. The Morgan fingerprint density at radius 3 is 1.72 bits per heavy atom. The van der Waals surface area contributed by atoms with Gasteiger partial charge in [-0.2, -0.15) is 0 Å². The molecule has 0 amide bonds. The molecule has 0 unspecified atom stereocenters. The lowest BCUT2D eigenvalue weighted by atomic mass is 10.0. The Bertz CT molecular complexity index is 3280. The second-order valence-electron chi connectivity index (χ2n) is 14.4. The molecule has 0 aliphatic rings. The normalized spacial score (nSPS) is 11.4. The number of nitrogens with zero attached hydrogens (tertiary/aromatic N) is 4. The van der Waals surface area contributed by atoms with Gasteiger partial charge in [-0.15, -0.1) is 0 Å². The Labute approximate surface area is 335 Å². The molecule has 0 bridgehead atoms. The van der Waals surface area contributed by atoms with Crippen molar-refractivity contribution in [2.24, 2.45) is 0 Å². The summed E-state index contributed by atoms with van der Waals surface area (Å²) >= 11 is 0. The fourth-order valence-electron chi connectivity index (χ4n) is 8.08. The van der Waals surface area contributed by atoms with E-state index < -0.39 is 0 Å². The summed E-state index contributed by atoms with van der Waals surface area (Å²) in [6.07, 6.45) is 0. The summed E-state index contributed by atoms with van der Waals surface area (Å²) in [7, 11) is 0. The average molecular weight is 743 g/mol. The molecule has 9 aromatic carbocycles. The summed E-state index contributed by atoms with van der Waals surface area (Å²) in [5.41, 5.74) is 9.51. The molecule has 0 aliphatic heterocycles. The molecule has 0 fully saturated rings. The minimum absolute atomic E-state index is 0.563. The zero-order chi connectivity index (χ0) is 38.4. The number of rotatable bonds is 7. The molecule has 0 saturated carbocycles. The molecular weight excluding hydrogens is 709 g/mol. The maximum absolute atomic E-state index is 6.72. The second kappa shape index (κ2) is 14.0. The molecular formula is C53H34N4O. The van der Waals surface area contributed by atoms with Gasteiger partial charge in [-0.1, -0.05) is 164 Å². The van der Waals surface area contributed by atoms with E-state index in [9.17, 15) is 0 Å². The molecule has 5 nitrogen and oxygen atoms in total. The third-order valence-corrected chi connectivity index (χ3v) is 10.9. The Balaban J connectivity index is 1.18. The number of hydrogen-bond acceptors (Lipinski definition) is 5. The van der Waals surface area contributed by atoms with E-state index in [0.717, 1.165) is 82.8 Å². The van der Waals surface area contributed by atoms with Crippen molar-refractivity contribution >= 4 is 60.5 Å². The van der Waals surface area contributed by atoms with Crippen molar-refractivity contribution in [3.05, 3.63) is 206 Å². The van der Waals surface area contributed by atoms with E-state index in [1.54, 1.807) is 0 Å². The van der Waals surface area contributed by atoms with Gasteiger partial charge >= 0.3 is 0 Å². The van der Waals surface area contributed by atoms with Crippen molar-refractivity contribution in [3.63, 3.8) is 0 Å². The molecule has 0 N–H and O–H groups in total. The number of anilines is 3. The Kier molecular flexibility index (Phi) is 8.07. The zero-order valence-electron chi connectivity index (χ0n) is 31.3. The van der Waals surface area contributed by atoms with Gasteiger partial charge in [0.25, 0.3) is 0 Å². The lowest BCUT2D eigenvalue weighted by Crippen LogP contribution is -2.11. The largest absolute Gasteiger partial charge is 0.456 e. The van der Waals surface area contributed by atoms with Gasteiger partial charge < -0.3 is 9.32 Å². The van der Waals surface area contributed by atoms with Crippen LogP contribution in [0, 0.1) is 0 Å². The van der Waals surface area contributed by atoms with Crippen LogP contribution < -0.4 is 4.90 Å². The number of aromatic nitrogens is 3. The van der Waals surface area contributed by atoms with Crippen molar-refractivity contribution in [2.75, 3.05) is 4.90 Å². The third kappa shape index (κ3) is 5.94. The molecule has 0 spiro atoms. The van der Waals surface area contributed by atoms with Gasteiger partial charge in [-0.05, 0) is 63.7 Å². The summed E-state index contributed by atoms with van der Waals surface area (Å²) in [4.78, 5) is 18.0. The molecule has 5 heteroatoms. The van der Waals surface area contributed by atoms with E-state index >= 15 is 0 Å². The number of furan rings is 1. The predicted molar refractivity (Wildman–Crippen MR) is 239 cm³/mol. The molecule has 0 saturated heterocycles. The van der Waals surface area contributed by atoms with E-state index in [1.165, 1.54) is 5.56 Å². The summed E-state index contributed by atoms with van der Waals surface area (Å²) < 4.78 is 6.72. The van der Waals surface area contributed by atoms with Crippen LogP contribution >= 0.6 is 0 Å². The van der Waals surface area contributed by atoms with Gasteiger partial charge in [0.2, 0.25) is 0 Å². The van der Waals surface area contributed by atoms with Crippen LogP contribution in [0.2, 0.25) is 0 Å². The summed E-state index contributed by atoms with van der Waals surface area (Å²) in [5, 5.41) is 6.52. The van der Waals surface area contributed by atoms with Gasteiger partial charge in [-0.3, -0.25) is 0 Å². The van der Waals surface area contributed by atoms with E-state index in [0.29, 0.717) is 17.5 Å². The fourth-order valence-corrected chi connectivity index (χ4v) is 8.08. The first-order chi connectivity index (χ1) is 28.7. The monoisotopic (exact) mass is 742 g/mol. The second-order valence-corrected chi connectivity index (χ2v) is 14.4. The minimum Gasteiger partial charge on any atom is -0.456 e. The number of hydrogen-bond donors (Lipinski definition) is 0. The van der Waals surface area contributed by atoms with Crippen LogP contribution in [-0.2, 0) is 0 Å². The minimum atomic E-state index is 0.563. The maximum Gasteiger partial charge on any atom is 0.164 e. The van der Waals surface area contributed by atoms with Crippen LogP contribution in [0.25, 0.3) is 88.8 Å². The molecule has 0 aliphatic carbocycles. The van der Waals surface area contributed by atoms with Crippen LogP contribution in [0.1, 0.15) is 0 Å². The van der Waals surface area contributed by atoms with Crippen LogP contribution in [0.4, 0.5) is 17.1 Å². The van der Waals surface area contributed by atoms with Crippen LogP contribution in [0.5, 0.6) is 0 Å². The van der Waals surface area contributed by atoms with Gasteiger partial charge in [0.1, 0.15) is 11.2 Å². The highest BCUT2D eigenvalue weighted by Crippen LogP contribution is 2.45. The van der Waals surface area contributed by atoms with Crippen molar-refractivity contribution in [1.29, 1.82) is 0 Å². The molecule has 11 aromatic rings. The number of para-hydroxylation sites is 1. The maximum atomic E-state index is 6.72. The molecule has 2 aromatic heterocycles. The summed E-state index contributed by atoms with van der Waals surface area (Å²) in [6.45, 7) is 0. The highest BCUT2D eigenvalue weighted by atomic mass is 16.3. The van der Waals surface area contributed by atoms with Gasteiger partial charge in [0.15, 0.2) is 17.5 Å². The summed E-state index contributed by atoms with van der Waals surface area (Å²) in [6, 6.07) is 71.7. The summed E-state index contributed by atoms with van der Waals surface area (Å²) in [5.74, 6) is 1.76. The Morgan fingerprint density at radius 2 is 0.931 bits per heavy atom. The van der Waals surface area contributed by atoms with Crippen molar-refractivity contribution in [1.82, 2.24) is 15.0 Å². The highest BCUT2D eigenvalue weighted by molar-refractivity contribution is 6.14. The van der Waals surface area contributed by atoms with E-state index in [-0.39, 0.29) is 0 Å². The van der Waals surface area contributed by atoms with Crippen molar-refractivity contribution in [2.45, 2.75) is 0 Å². The molecule has 2 heterocycles. The Morgan fingerprint density at radius 1 is 0.345 bits per heavy atom. The lowest BCUT2D eigenvalue weighted by Gasteiger charge is -2.27. The van der Waals surface area contributed by atoms with E-state index in [4.69, 9.17) is 19.4 Å². The quantitative estimate of drug-likeness (QED) is 0.163. The standard InChI is InChI=1S/C53H34N4O/c1-3-14-35(15-4-1)37-28-30-42(31-29-37)57(47-24-13-21-38-17-9-10-22-44(38)47)43-33-46(50-45-23-11-12-25-48(45)58-49(50)34-43)53-55-51(39-18-5-2-6-19-39)54-52(56-53)41-27-26-36-16-7-8-20-40(36)32-41/h1-34H. The van der Waals surface area contributed by atoms with Crippen LogP contribution in [-0.4, -0.2) is 15.0 Å². The van der Waals surface area contributed by atoms with Crippen molar-refractivity contribution in [3.8, 4) is 45.3 Å². The predicted octanol–water partition coefficient (Wildman–Crippen LogP) is 14.2. The topological polar surface area (TPSA) is 55.1 Å². The fraction of sp³-hybridized carbons (Fsp3) is 0. The molecule has 58 heavy (non-hydrogen) atoms. The smallest absolute Gasteiger partial charge is 0.164 e. The SMILES string of the molecule is c1ccc(-c2ccc(N(c3cc(-c4nc(-c5ccccc5)nc(-c5ccc6ccccc6c5)n4)c4c(c3)oc3ccccc34)c3cccc4ccccc34)cc2)cc1. The molecule has 272 valence electrons.